The summed E-state index contributed by atoms with van der Waals surface area (Å²) >= 11 is 1.84. The summed E-state index contributed by atoms with van der Waals surface area (Å²) in [5, 5.41) is 7.52. The summed E-state index contributed by atoms with van der Waals surface area (Å²) < 4.78 is 38.7. The molecule has 3 amide bonds. The maximum Gasteiger partial charge on any atom is 0.416 e. The first-order valence-electron chi connectivity index (χ1n) is 7.52. The van der Waals surface area contributed by atoms with E-state index in [0.717, 1.165) is 12.1 Å². The molecule has 0 aromatic heterocycles. The molecule has 26 heavy (non-hydrogen) atoms. The van der Waals surface area contributed by atoms with Crippen LogP contribution in [0.3, 0.4) is 0 Å². The molecule has 0 saturated carbocycles. The van der Waals surface area contributed by atoms with Crippen LogP contribution < -0.4 is 16.0 Å². The predicted molar refractivity (Wildman–Crippen MR) is 101 cm³/mol. The van der Waals surface area contributed by atoms with Gasteiger partial charge in [0.15, 0.2) is 0 Å². The largest absolute Gasteiger partial charge is 0.416 e. The molecule has 0 unspecified atom stereocenters. The van der Waals surface area contributed by atoms with E-state index in [1.54, 1.807) is 24.3 Å². The van der Waals surface area contributed by atoms with Gasteiger partial charge in [-0.1, -0.05) is 18.2 Å². The molecule has 0 aliphatic rings. The van der Waals surface area contributed by atoms with Crippen LogP contribution in [0.5, 0.6) is 0 Å². The van der Waals surface area contributed by atoms with Crippen LogP contribution in [-0.2, 0) is 11.0 Å². The SMILES string of the molecule is O=C(CCNC(=O)Nc1ccccc1)Nc1cc(C(F)(F)F)ccc1I. The Morgan fingerprint density at radius 3 is 2.35 bits per heavy atom. The van der Waals surface area contributed by atoms with Crippen molar-refractivity contribution in [2.75, 3.05) is 17.2 Å². The zero-order valence-electron chi connectivity index (χ0n) is 13.4. The number of carbonyl (C=O) groups excluding carboxylic acids is 2. The lowest BCUT2D eigenvalue weighted by Gasteiger charge is -2.12. The van der Waals surface area contributed by atoms with Crippen molar-refractivity contribution in [3.05, 3.63) is 57.7 Å². The number of nitrogens with one attached hydrogen (secondary N) is 3. The fraction of sp³-hybridized carbons (Fsp3) is 0.176. The van der Waals surface area contributed by atoms with E-state index in [-0.39, 0.29) is 18.7 Å². The standard InChI is InChI=1S/C17H15F3IN3O2/c18-17(19,20)11-6-7-13(21)14(10-11)24-15(25)8-9-22-16(26)23-12-4-2-1-3-5-12/h1-7,10H,8-9H2,(H,24,25)(H2,22,23,26). The Morgan fingerprint density at radius 1 is 1.00 bits per heavy atom. The number of para-hydroxylation sites is 1. The van der Waals surface area contributed by atoms with Gasteiger partial charge in [-0.05, 0) is 52.9 Å². The molecule has 5 nitrogen and oxygen atoms in total. The molecule has 0 heterocycles. The van der Waals surface area contributed by atoms with Gasteiger partial charge in [0.1, 0.15) is 0 Å². The summed E-state index contributed by atoms with van der Waals surface area (Å²) in [6, 6.07) is 11.4. The molecule has 3 N–H and O–H groups in total. The maximum absolute atomic E-state index is 12.7. The van der Waals surface area contributed by atoms with Crippen molar-refractivity contribution in [1.82, 2.24) is 5.32 Å². The Bertz CT molecular complexity index is 783. The molecule has 0 bridgehead atoms. The quantitative estimate of drug-likeness (QED) is 0.557. The van der Waals surface area contributed by atoms with Gasteiger partial charge < -0.3 is 16.0 Å². The minimum Gasteiger partial charge on any atom is -0.337 e. The van der Waals surface area contributed by atoms with Crippen LogP contribution in [0, 0.1) is 3.57 Å². The molecule has 0 atom stereocenters. The molecule has 0 aliphatic heterocycles. The summed E-state index contributed by atoms with van der Waals surface area (Å²) in [6.45, 7) is 0.0417. The minimum atomic E-state index is -4.49. The summed E-state index contributed by atoms with van der Waals surface area (Å²) in [5.41, 5.74) is -0.152. The molecule has 0 fully saturated rings. The van der Waals surface area contributed by atoms with E-state index in [4.69, 9.17) is 0 Å². The molecular weight excluding hydrogens is 462 g/mol. The first-order valence-corrected chi connectivity index (χ1v) is 8.60. The van der Waals surface area contributed by atoms with E-state index in [0.29, 0.717) is 9.26 Å². The van der Waals surface area contributed by atoms with E-state index in [2.05, 4.69) is 16.0 Å². The Kier molecular flexibility index (Phi) is 6.83. The number of carbonyl (C=O) groups is 2. The fourth-order valence-corrected chi connectivity index (χ4v) is 2.47. The van der Waals surface area contributed by atoms with Gasteiger partial charge in [0.2, 0.25) is 5.91 Å². The molecule has 9 heteroatoms. The smallest absolute Gasteiger partial charge is 0.337 e. The topological polar surface area (TPSA) is 70.2 Å². The molecular formula is C17H15F3IN3O2. The van der Waals surface area contributed by atoms with Crippen molar-refractivity contribution in [2.45, 2.75) is 12.6 Å². The van der Waals surface area contributed by atoms with Crippen molar-refractivity contribution in [1.29, 1.82) is 0 Å². The fourth-order valence-electron chi connectivity index (χ4n) is 2.00. The third-order valence-corrected chi connectivity index (χ3v) is 4.18. The van der Waals surface area contributed by atoms with E-state index < -0.39 is 23.7 Å². The van der Waals surface area contributed by atoms with Gasteiger partial charge in [-0.2, -0.15) is 13.2 Å². The van der Waals surface area contributed by atoms with Crippen molar-refractivity contribution in [3.63, 3.8) is 0 Å². The number of anilines is 2. The van der Waals surface area contributed by atoms with E-state index >= 15 is 0 Å². The average molecular weight is 477 g/mol. The second-order valence-electron chi connectivity index (χ2n) is 5.24. The molecule has 2 rings (SSSR count). The van der Waals surface area contributed by atoms with E-state index in [9.17, 15) is 22.8 Å². The lowest BCUT2D eigenvalue weighted by Crippen LogP contribution is -2.31. The maximum atomic E-state index is 12.7. The zero-order chi connectivity index (χ0) is 19.2. The number of urea groups is 1. The van der Waals surface area contributed by atoms with Gasteiger partial charge in [0, 0.05) is 22.2 Å². The Balaban J connectivity index is 1.83. The van der Waals surface area contributed by atoms with Gasteiger partial charge in [0.05, 0.1) is 11.3 Å². The highest BCUT2D eigenvalue weighted by Gasteiger charge is 2.31. The number of rotatable bonds is 5. The van der Waals surface area contributed by atoms with Crippen LogP contribution in [0.2, 0.25) is 0 Å². The third kappa shape index (κ3) is 6.21. The van der Waals surface area contributed by atoms with Gasteiger partial charge in [-0.3, -0.25) is 4.79 Å². The Labute approximate surface area is 161 Å². The van der Waals surface area contributed by atoms with Gasteiger partial charge in [-0.25, -0.2) is 4.79 Å². The van der Waals surface area contributed by atoms with Crippen LogP contribution in [-0.4, -0.2) is 18.5 Å². The van der Waals surface area contributed by atoms with E-state index in [1.165, 1.54) is 6.07 Å². The van der Waals surface area contributed by atoms with Crippen molar-refractivity contribution in [2.24, 2.45) is 0 Å². The van der Waals surface area contributed by atoms with Gasteiger partial charge >= 0.3 is 12.2 Å². The number of hydrogen-bond acceptors (Lipinski definition) is 2. The molecule has 0 spiro atoms. The highest BCUT2D eigenvalue weighted by Crippen LogP contribution is 2.32. The normalized spacial score (nSPS) is 10.9. The molecule has 0 radical (unpaired) electrons. The van der Waals surface area contributed by atoms with E-state index in [1.807, 2.05) is 28.7 Å². The molecule has 0 saturated heterocycles. The van der Waals surface area contributed by atoms with Crippen molar-refractivity contribution < 1.29 is 22.8 Å². The average Bonchev–Trinajstić information content (AvgIpc) is 2.56. The van der Waals surface area contributed by atoms with Crippen LogP contribution in [0.1, 0.15) is 12.0 Å². The number of halogens is 4. The summed E-state index contributed by atoms with van der Waals surface area (Å²) in [6.07, 6.45) is -4.56. The molecule has 2 aromatic carbocycles. The number of benzene rings is 2. The van der Waals surface area contributed by atoms with Gasteiger partial charge in [0.25, 0.3) is 0 Å². The molecule has 2 aromatic rings. The zero-order valence-corrected chi connectivity index (χ0v) is 15.5. The van der Waals surface area contributed by atoms with Crippen molar-refractivity contribution >= 4 is 45.9 Å². The van der Waals surface area contributed by atoms with Crippen LogP contribution >= 0.6 is 22.6 Å². The molecule has 138 valence electrons. The third-order valence-electron chi connectivity index (χ3n) is 3.24. The lowest BCUT2D eigenvalue weighted by molar-refractivity contribution is -0.137. The van der Waals surface area contributed by atoms with Crippen LogP contribution in [0.4, 0.5) is 29.3 Å². The highest BCUT2D eigenvalue weighted by molar-refractivity contribution is 14.1. The van der Waals surface area contributed by atoms with Crippen LogP contribution in [0.25, 0.3) is 0 Å². The summed E-state index contributed by atoms with van der Waals surface area (Å²) in [5.74, 6) is -0.498. The highest BCUT2D eigenvalue weighted by atomic mass is 127. The second kappa shape index (κ2) is 8.88. The number of amides is 3. The van der Waals surface area contributed by atoms with Crippen LogP contribution in [0.15, 0.2) is 48.5 Å². The summed E-state index contributed by atoms with van der Waals surface area (Å²) in [7, 11) is 0. The number of alkyl halides is 3. The summed E-state index contributed by atoms with van der Waals surface area (Å²) in [4.78, 5) is 23.6. The second-order valence-corrected chi connectivity index (χ2v) is 6.40. The Morgan fingerprint density at radius 2 is 1.69 bits per heavy atom. The first-order chi connectivity index (χ1) is 12.3. The first kappa shape index (κ1) is 20.0. The lowest BCUT2D eigenvalue weighted by atomic mass is 10.2. The molecule has 0 aliphatic carbocycles. The predicted octanol–water partition coefficient (Wildman–Crippen LogP) is 4.46. The Hall–Kier alpha value is -2.30. The monoisotopic (exact) mass is 477 g/mol. The number of hydrogen-bond donors (Lipinski definition) is 3. The minimum absolute atomic E-state index is 0.0417. The van der Waals surface area contributed by atoms with Crippen molar-refractivity contribution in [3.8, 4) is 0 Å². The van der Waals surface area contributed by atoms with Gasteiger partial charge in [-0.15, -0.1) is 0 Å².